The van der Waals surface area contributed by atoms with Crippen LogP contribution in [0.1, 0.15) is 13.8 Å². The van der Waals surface area contributed by atoms with Crippen LogP contribution in [0.4, 0.5) is 0 Å². The predicted molar refractivity (Wildman–Crippen MR) is 77.9 cm³/mol. The number of fused-ring (bicyclic) bond motifs is 1. The van der Waals surface area contributed by atoms with Crippen LogP contribution >= 0.6 is 11.6 Å². The minimum atomic E-state index is 0.0747. The van der Waals surface area contributed by atoms with Gasteiger partial charge >= 0.3 is 0 Å². The second-order valence-corrected chi connectivity index (χ2v) is 5.06. The molecule has 0 aliphatic heterocycles. The van der Waals surface area contributed by atoms with Gasteiger partial charge in [-0.2, -0.15) is 5.10 Å². The van der Waals surface area contributed by atoms with Gasteiger partial charge in [0.25, 0.3) is 0 Å². The molecule has 0 aliphatic rings. The number of ether oxygens (including phenoxy) is 1. The van der Waals surface area contributed by atoms with Gasteiger partial charge in [0.15, 0.2) is 0 Å². The van der Waals surface area contributed by atoms with E-state index in [1.807, 2.05) is 26.0 Å². The smallest absolute Gasteiger partial charge is 0.214 e. The molecule has 0 amide bonds. The van der Waals surface area contributed by atoms with Crippen molar-refractivity contribution in [3.05, 3.63) is 35.7 Å². The minimum absolute atomic E-state index is 0.0747. The summed E-state index contributed by atoms with van der Waals surface area (Å²) in [6.07, 6.45) is 3.45. The highest BCUT2D eigenvalue weighted by atomic mass is 35.5. The van der Waals surface area contributed by atoms with Crippen molar-refractivity contribution in [2.24, 2.45) is 0 Å². The molecule has 0 aliphatic carbocycles. The monoisotopic (exact) mass is 288 g/mol. The molecule has 0 saturated carbocycles. The molecule has 1 N–H and O–H groups in total. The third-order valence-corrected chi connectivity index (χ3v) is 2.99. The van der Waals surface area contributed by atoms with Crippen LogP contribution in [-0.4, -0.2) is 26.3 Å². The summed E-state index contributed by atoms with van der Waals surface area (Å²) in [5.74, 6) is 0.579. The Morgan fingerprint density at radius 2 is 2.10 bits per heavy atom. The van der Waals surface area contributed by atoms with E-state index >= 15 is 0 Å². The van der Waals surface area contributed by atoms with Gasteiger partial charge in [0, 0.05) is 23.2 Å². The first-order valence-electron chi connectivity index (χ1n) is 6.26. The third-order valence-electron chi connectivity index (χ3n) is 2.78. The molecule has 6 heteroatoms. The molecule has 0 spiro atoms. The molecule has 0 atom stereocenters. The maximum Gasteiger partial charge on any atom is 0.214 e. The normalized spacial score (nSPS) is 11.2. The molecule has 0 aromatic carbocycles. The molecule has 0 radical (unpaired) electrons. The van der Waals surface area contributed by atoms with E-state index in [-0.39, 0.29) is 6.10 Å². The zero-order chi connectivity index (χ0) is 14.1. The van der Waals surface area contributed by atoms with Crippen LogP contribution in [0.5, 0.6) is 5.88 Å². The first-order valence-corrected chi connectivity index (χ1v) is 6.64. The Hall–Kier alpha value is -2.14. The molecule has 5 nitrogen and oxygen atoms in total. The zero-order valence-electron chi connectivity index (χ0n) is 11.1. The summed E-state index contributed by atoms with van der Waals surface area (Å²) in [6, 6.07) is 5.52. The van der Waals surface area contributed by atoms with Crippen LogP contribution in [0.25, 0.3) is 22.2 Å². The van der Waals surface area contributed by atoms with Crippen LogP contribution in [-0.2, 0) is 0 Å². The van der Waals surface area contributed by atoms with Gasteiger partial charge in [0.05, 0.1) is 17.8 Å². The first-order chi connectivity index (χ1) is 9.63. The van der Waals surface area contributed by atoms with Crippen LogP contribution in [0.15, 0.2) is 30.6 Å². The summed E-state index contributed by atoms with van der Waals surface area (Å²) in [7, 11) is 0. The Kier molecular flexibility index (Phi) is 3.28. The van der Waals surface area contributed by atoms with Crippen LogP contribution in [0.3, 0.4) is 0 Å². The van der Waals surface area contributed by atoms with Crippen LogP contribution in [0, 0.1) is 0 Å². The molecule has 3 aromatic rings. The van der Waals surface area contributed by atoms with E-state index in [2.05, 4.69) is 20.2 Å². The van der Waals surface area contributed by atoms with Crippen molar-refractivity contribution in [3.8, 4) is 17.1 Å². The van der Waals surface area contributed by atoms with Crippen molar-refractivity contribution in [2.75, 3.05) is 0 Å². The van der Waals surface area contributed by atoms with Crippen LogP contribution < -0.4 is 4.74 Å². The molecule has 3 heterocycles. The Labute approximate surface area is 121 Å². The number of halogens is 1. The second kappa shape index (κ2) is 5.09. The van der Waals surface area contributed by atoms with Gasteiger partial charge < -0.3 is 4.74 Å². The molecule has 0 bridgehead atoms. The van der Waals surface area contributed by atoms with E-state index < -0.39 is 0 Å². The van der Waals surface area contributed by atoms with E-state index in [1.165, 1.54) is 0 Å². The Morgan fingerprint density at radius 3 is 2.85 bits per heavy atom. The summed E-state index contributed by atoms with van der Waals surface area (Å²) in [4.78, 5) is 8.22. The third kappa shape index (κ3) is 2.44. The van der Waals surface area contributed by atoms with Gasteiger partial charge in [-0.1, -0.05) is 11.6 Å². The van der Waals surface area contributed by atoms with Gasteiger partial charge in [0.2, 0.25) is 5.88 Å². The van der Waals surface area contributed by atoms with Crippen molar-refractivity contribution in [2.45, 2.75) is 20.0 Å². The second-order valence-electron chi connectivity index (χ2n) is 4.67. The fourth-order valence-electron chi connectivity index (χ4n) is 1.97. The maximum absolute atomic E-state index is 5.93. The van der Waals surface area contributed by atoms with Crippen molar-refractivity contribution in [1.82, 2.24) is 20.2 Å². The van der Waals surface area contributed by atoms with E-state index in [4.69, 9.17) is 16.3 Å². The highest BCUT2D eigenvalue weighted by Gasteiger charge is 2.11. The van der Waals surface area contributed by atoms with Gasteiger partial charge in [-0.15, -0.1) is 0 Å². The molecule has 3 aromatic heterocycles. The highest BCUT2D eigenvalue weighted by Crippen LogP contribution is 2.28. The van der Waals surface area contributed by atoms with E-state index in [9.17, 15) is 0 Å². The lowest BCUT2D eigenvalue weighted by Gasteiger charge is -2.08. The van der Waals surface area contributed by atoms with Gasteiger partial charge in [-0.05, 0) is 26.0 Å². The number of aromatic amines is 1. The molecule has 0 unspecified atom stereocenters. The number of pyridine rings is 2. The van der Waals surface area contributed by atoms with Crippen molar-refractivity contribution in [3.63, 3.8) is 0 Å². The first kappa shape index (κ1) is 12.9. The molecule has 0 saturated heterocycles. The SMILES string of the molecule is CC(C)Oc1cc2c(-c3ccnc(Cl)c3)n[nH]c2cn1. The average molecular weight is 289 g/mol. The quantitative estimate of drug-likeness (QED) is 0.750. The molecule has 102 valence electrons. The van der Waals surface area contributed by atoms with Crippen molar-refractivity contribution < 1.29 is 4.74 Å². The van der Waals surface area contributed by atoms with Gasteiger partial charge in [-0.3, -0.25) is 5.10 Å². The van der Waals surface area contributed by atoms with Gasteiger partial charge in [-0.25, -0.2) is 9.97 Å². The number of nitrogens with one attached hydrogen (secondary N) is 1. The number of hydrogen-bond acceptors (Lipinski definition) is 4. The van der Waals surface area contributed by atoms with E-state index in [1.54, 1.807) is 18.5 Å². The highest BCUT2D eigenvalue weighted by molar-refractivity contribution is 6.29. The fraction of sp³-hybridized carbons (Fsp3) is 0.214. The molecular weight excluding hydrogens is 276 g/mol. The molecular formula is C14H13ClN4O. The molecule has 20 heavy (non-hydrogen) atoms. The summed E-state index contributed by atoms with van der Waals surface area (Å²) >= 11 is 5.93. The van der Waals surface area contributed by atoms with Crippen molar-refractivity contribution >= 4 is 22.5 Å². The fourth-order valence-corrected chi connectivity index (χ4v) is 2.15. The van der Waals surface area contributed by atoms with Gasteiger partial charge in [0.1, 0.15) is 10.8 Å². The topological polar surface area (TPSA) is 63.7 Å². The number of nitrogens with zero attached hydrogens (tertiary/aromatic N) is 3. The van der Waals surface area contributed by atoms with Crippen LogP contribution in [0.2, 0.25) is 5.15 Å². The van der Waals surface area contributed by atoms with E-state index in [0.29, 0.717) is 11.0 Å². The lowest BCUT2D eigenvalue weighted by Crippen LogP contribution is -2.06. The predicted octanol–water partition coefficient (Wildman–Crippen LogP) is 3.46. The molecule has 0 fully saturated rings. The molecule has 3 rings (SSSR count). The Morgan fingerprint density at radius 1 is 1.25 bits per heavy atom. The lowest BCUT2D eigenvalue weighted by atomic mass is 10.1. The number of rotatable bonds is 3. The Bertz CT molecular complexity index is 754. The minimum Gasteiger partial charge on any atom is -0.475 e. The zero-order valence-corrected chi connectivity index (χ0v) is 11.8. The summed E-state index contributed by atoms with van der Waals surface area (Å²) in [5.41, 5.74) is 2.56. The number of H-pyrrole nitrogens is 1. The Balaban J connectivity index is 2.11. The largest absolute Gasteiger partial charge is 0.475 e. The number of hydrogen-bond donors (Lipinski definition) is 1. The average Bonchev–Trinajstić information content (AvgIpc) is 2.81. The summed E-state index contributed by atoms with van der Waals surface area (Å²) < 4.78 is 5.62. The maximum atomic E-state index is 5.93. The summed E-state index contributed by atoms with van der Waals surface area (Å²) in [5, 5.41) is 8.65. The standard InChI is InChI=1S/C14H13ClN4O/c1-8(2)20-13-6-10-11(7-17-13)18-19-14(10)9-3-4-16-12(15)5-9/h3-8H,1-2H3,(H,18,19). The number of aromatic nitrogens is 4. The van der Waals surface area contributed by atoms with E-state index in [0.717, 1.165) is 22.2 Å². The lowest BCUT2D eigenvalue weighted by molar-refractivity contribution is 0.233. The van der Waals surface area contributed by atoms with Crippen molar-refractivity contribution in [1.29, 1.82) is 0 Å². The summed E-state index contributed by atoms with van der Waals surface area (Å²) in [6.45, 7) is 3.93.